The molecular weight excluding hydrogens is 256 g/mol. The van der Waals surface area contributed by atoms with Gasteiger partial charge in [0.2, 0.25) is 0 Å². The van der Waals surface area contributed by atoms with Crippen LogP contribution in [0.5, 0.6) is 0 Å². The zero-order valence-electron chi connectivity index (χ0n) is 13.4. The summed E-state index contributed by atoms with van der Waals surface area (Å²) in [4.78, 5) is 0. The molecule has 114 valence electrons. The topological polar surface area (TPSA) is 17.0 Å². The Hall–Kier alpha value is -1.28. The normalized spacial score (nSPS) is 26.3. The van der Waals surface area contributed by atoms with Crippen LogP contribution in [0.15, 0.2) is 36.5 Å². The molecule has 21 heavy (non-hydrogen) atoms. The van der Waals surface area contributed by atoms with Gasteiger partial charge in [0, 0.05) is 24.3 Å². The van der Waals surface area contributed by atoms with E-state index in [-0.39, 0.29) is 0 Å². The average Bonchev–Trinajstić information content (AvgIpc) is 2.91. The Morgan fingerprint density at radius 2 is 1.95 bits per heavy atom. The van der Waals surface area contributed by atoms with E-state index >= 15 is 0 Å². The molecule has 0 amide bonds. The van der Waals surface area contributed by atoms with Crippen molar-refractivity contribution >= 4 is 10.9 Å². The lowest BCUT2D eigenvalue weighted by atomic mass is 9.79. The van der Waals surface area contributed by atoms with E-state index < -0.39 is 0 Å². The second-order valence-electron chi connectivity index (χ2n) is 6.84. The van der Waals surface area contributed by atoms with Crippen LogP contribution in [0.1, 0.15) is 39.5 Å². The smallest absolute Gasteiger partial charge is 0.0480 e. The maximum absolute atomic E-state index is 3.77. The van der Waals surface area contributed by atoms with Crippen LogP contribution >= 0.6 is 0 Å². The van der Waals surface area contributed by atoms with Crippen molar-refractivity contribution in [2.75, 3.05) is 6.54 Å². The monoisotopic (exact) mass is 284 g/mol. The highest BCUT2D eigenvalue weighted by Crippen LogP contribution is 2.29. The van der Waals surface area contributed by atoms with Gasteiger partial charge < -0.3 is 9.88 Å². The quantitative estimate of drug-likeness (QED) is 0.803. The summed E-state index contributed by atoms with van der Waals surface area (Å²) in [6.07, 6.45) is 7.53. The summed E-state index contributed by atoms with van der Waals surface area (Å²) in [5, 5.41) is 5.12. The van der Waals surface area contributed by atoms with E-state index in [1.807, 2.05) is 0 Å². The number of aryl methyl sites for hydroxylation is 1. The third kappa shape index (κ3) is 3.49. The highest BCUT2D eigenvalue weighted by Gasteiger charge is 2.23. The second kappa shape index (κ2) is 6.65. The van der Waals surface area contributed by atoms with Crippen molar-refractivity contribution in [2.45, 2.75) is 52.1 Å². The fourth-order valence-electron chi connectivity index (χ4n) is 3.62. The third-order valence-corrected chi connectivity index (χ3v) is 5.29. The molecule has 0 bridgehead atoms. The molecule has 0 spiro atoms. The number of fused-ring (bicyclic) bond motifs is 1. The van der Waals surface area contributed by atoms with Gasteiger partial charge in [-0.15, -0.1) is 0 Å². The molecule has 1 fully saturated rings. The average molecular weight is 284 g/mol. The Bertz CT molecular complexity index is 572. The summed E-state index contributed by atoms with van der Waals surface area (Å²) in [5.41, 5.74) is 1.36. The van der Waals surface area contributed by atoms with Gasteiger partial charge in [-0.1, -0.05) is 32.0 Å². The maximum atomic E-state index is 3.77. The number of benzene rings is 1. The molecule has 1 saturated carbocycles. The number of rotatable bonds is 5. The molecule has 1 aliphatic carbocycles. The van der Waals surface area contributed by atoms with Crippen molar-refractivity contribution in [3.8, 4) is 0 Å². The molecule has 0 aliphatic heterocycles. The Kier molecular flexibility index (Phi) is 4.64. The van der Waals surface area contributed by atoms with Gasteiger partial charge in [0.25, 0.3) is 0 Å². The minimum atomic E-state index is 0.748. The molecule has 1 aromatic carbocycles. The second-order valence-corrected chi connectivity index (χ2v) is 6.84. The largest absolute Gasteiger partial charge is 0.347 e. The molecule has 0 saturated heterocycles. The fourth-order valence-corrected chi connectivity index (χ4v) is 3.62. The minimum Gasteiger partial charge on any atom is -0.347 e. The van der Waals surface area contributed by atoms with Crippen LogP contribution in [0.25, 0.3) is 10.9 Å². The lowest BCUT2D eigenvalue weighted by molar-refractivity contribution is 0.226. The molecule has 1 heterocycles. The van der Waals surface area contributed by atoms with Gasteiger partial charge in [0.1, 0.15) is 0 Å². The first kappa shape index (κ1) is 14.6. The predicted molar refractivity (Wildman–Crippen MR) is 90.5 cm³/mol. The number of hydrogen-bond donors (Lipinski definition) is 1. The van der Waals surface area contributed by atoms with E-state index in [2.05, 4.69) is 60.3 Å². The molecule has 3 rings (SSSR count). The van der Waals surface area contributed by atoms with E-state index in [1.165, 1.54) is 36.6 Å². The zero-order chi connectivity index (χ0) is 14.7. The molecule has 1 aliphatic rings. The Labute approximate surface area is 128 Å². The first-order valence-electron chi connectivity index (χ1n) is 8.51. The van der Waals surface area contributed by atoms with Gasteiger partial charge >= 0.3 is 0 Å². The summed E-state index contributed by atoms with van der Waals surface area (Å²) in [6, 6.07) is 11.6. The fraction of sp³-hybridized carbons (Fsp3) is 0.579. The molecule has 2 heteroatoms. The first-order chi connectivity index (χ1) is 10.2. The number of nitrogens with one attached hydrogen (secondary N) is 1. The first-order valence-corrected chi connectivity index (χ1v) is 8.51. The number of para-hydroxylation sites is 1. The molecule has 1 N–H and O–H groups in total. The van der Waals surface area contributed by atoms with Crippen LogP contribution in [0.4, 0.5) is 0 Å². The number of aromatic nitrogens is 1. The van der Waals surface area contributed by atoms with Crippen molar-refractivity contribution in [3.63, 3.8) is 0 Å². The van der Waals surface area contributed by atoms with Gasteiger partial charge in [-0.05, 0) is 61.6 Å². The molecule has 3 unspecified atom stereocenters. The molecule has 2 aromatic rings. The lowest BCUT2D eigenvalue weighted by Gasteiger charge is -2.32. The Morgan fingerprint density at radius 1 is 1.10 bits per heavy atom. The van der Waals surface area contributed by atoms with Gasteiger partial charge in [0.05, 0.1) is 0 Å². The Morgan fingerprint density at radius 3 is 2.81 bits per heavy atom. The minimum absolute atomic E-state index is 0.748. The molecule has 3 atom stereocenters. The Balaban J connectivity index is 1.44. The molecule has 1 aromatic heterocycles. The standard InChI is InChI=1S/C19H28N2/c1-15-8-9-18(14-16(15)2)20-11-5-12-21-13-10-17-6-3-4-7-19(17)21/h3-4,6-7,10,13,15-16,18,20H,5,8-9,11-12,14H2,1-2H3. The molecule has 0 radical (unpaired) electrons. The van der Waals surface area contributed by atoms with E-state index in [1.54, 1.807) is 0 Å². The lowest BCUT2D eigenvalue weighted by Crippen LogP contribution is -2.36. The predicted octanol–water partition coefficient (Wildman–Crippen LogP) is 4.45. The van der Waals surface area contributed by atoms with E-state index in [9.17, 15) is 0 Å². The van der Waals surface area contributed by atoms with Gasteiger partial charge in [-0.3, -0.25) is 0 Å². The van der Waals surface area contributed by atoms with Crippen LogP contribution in [-0.2, 0) is 6.54 Å². The molecule has 2 nitrogen and oxygen atoms in total. The summed E-state index contributed by atoms with van der Waals surface area (Å²) < 4.78 is 2.38. The van der Waals surface area contributed by atoms with E-state index in [0.29, 0.717) is 0 Å². The van der Waals surface area contributed by atoms with Crippen LogP contribution in [-0.4, -0.2) is 17.2 Å². The third-order valence-electron chi connectivity index (χ3n) is 5.29. The molecular formula is C19H28N2. The number of nitrogens with zero attached hydrogens (tertiary/aromatic N) is 1. The highest BCUT2D eigenvalue weighted by atomic mass is 15.0. The maximum Gasteiger partial charge on any atom is 0.0480 e. The van der Waals surface area contributed by atoms with Crippen molar-refractivity contribution in [2.24, 2.45) is 11.8 Å². The van der Waals surface area contributed by atoms with E-state index in [0.717, 1.165) is 31.0 Å². The number of hydrogen-bond acceptors (Lipinski definition) is 1. The SMILES string of the molecule is CC1CCC(NCCCn2ccc3ccccc32)CC1C. The van der Waals surface area contributed by atoms with Crippen molar-refractivity contribution in [1.29, 1.82) is 0 Å². The van der Waals surface area contributed by atoms with Crippen LogP contribution < -0.4 is 5.32 Å². The van der Waals surface area contributed by atoms with Crippen LogP contribution in [0.2, 0.25) is 0 Å². The van der Waals surface area contributed by atoms with Crippen LogP contribution in [0.3, 0.4) is 0 Å². The van der Waals surface area contributed by atoms with Crippen molar-refractivity contribution in [1.82, 2.24) is 9.88 Å². The highest BCUT2D eigenvalue weighted by molar-refractivity contribution is 5.79. The summed E-state index contributed by atoms with van der Waals surface area (Å²) in [6.45, 7) is 7.06. The van der Waals surface area contributed by atoms with Crippen molar-refractivity contribution < 1.29 is 0 Å². The van der Waals surface area contributed by atoms with Gasteiger partial charge in [-0.25, -0.2) is 0 Å². The van der Waals surface area contributed by atoms with Gasteiger partial charge in [0.15, 0.2) is 0 Å². The van der Waals surface area contributed by atoms with Gasteiger partial charge in [-0.2, -0.15) is 0 Å². The van der Waals surface area contributed by atoms with Crippen molar-refractivity contribution in [3.05, 3.63) is 36.5 Å². The zero-order valence-corrected chi connectivity index (χ0v) is 13.4. The van der Waals surface area contributed by atoms with Crippen LogP contribution in [0, 0.1) is 11.8 Å². The summed E-state index contributed by atoms with van der Waals surface area (Å²) >= 11 is 0. The summed E-state index contributed by atoms with van der Waals surface area (Å²) in [7, 11) is 0. The van der Waals surface area contributed by atoms with E-state index in [4.69, 9.17) is 0 Å². The summed E-state index contributed by atoms with van der Waals surface area (Å²) in [5.74, 6) is 1.79.